The lowest BCUT2D eigenvalue weighted by molar-refractivity contribution is 1.22. The molecule has 0 fully saturated rings. The third kappa shape index (κ3) is 8.03. The van der Waals surface area contributed by atoms with Crippen molar-refractivity contribution in [2.24, 2.45) is 0 Å². The van der Waals surface area contributed by atoms with Crippen molar-refractivity contribution in [1.29, 1.82) is 0 Å². The van der Waals surface area contributed by atoms with Gasteiger partial charge in [-0.3, -0.25) is 4.98 Å². The molecule has 12 aromatic carbocycles. The minimum atomic E-state index is -0.144. The molecule has 0 unspecified atom stereocenters. The van der Waals surface area contributed by atoms with Gasteiger partial charge in [-0.05, 0) is 166 Å². The van der Waals surface area contributed by atoms with Gasteiger partial charge in [0.25, 0.3) is 6.71 Å². The topological polar surface area (TPSA) is 29.1 Å². The van der Waals surface area contributed by atoms with Crippen LogP contribution in [-0.2, 0) is 0 Å². The van der Waals surface area contributed by atoms with Gasteiger partial charge >= 0.3 is 0 Å². The molecular weight excluding hydrogens is 1060 g/mol. The van der Waals surface area contributed by atoms with Crippen molar-refractivity contribution in [3.63, 3.8) is 0 Å². The van der Waals surface area contributed by atoms with Gasteiger partial charge in [0.05, 0.1) is 11.4 Å². The molecule has 1 aromatic heterocycles. The maximum absolute atomic E-state index is 4.52. The minimum absolute atomic E-state index is 0.0839. The zero-order valence-corrected chi connectivity index (χ0v) is 47.6. The summed E-state index contributed by atoms with van der Waals surface area (Å²) in [7, 11) is 0. The van der Waals surface area contributed by atoms with Gasteiger partial charge in [0, 0.05) is 102 Å². The van der Waals surface area contributed by atoms with Crippen LogP contribution in [0.4, 0.5) is 85.3 Å². The maximum Gasteiger partial charge on any atom is 0.252 e. The predicted octanol–water partition coefficient (Wildman–Crippen LogP) is 16.5. The smallest absolute Gasteiger partial charge is 0.252 e. The number of para-hydroxylation sites is 9. The first kappa shape index (κ1) is 49.8. The number of nitrogens with zero attached hydrogens (tertiary/aromatic N) is 6. The second kappa shape index (κ2) is 20.6. The monoisotopic (exact) mass is 1110 g/mol. The molecule has 86 heavy (non-hydrogen) atoms. The average Bonchev–Trinajstić information content (AvgIpc) is 0.795. The van der Waals surface area contributed by atoms with Crippen molar-refractivity contribution in [3.8, 4) is 11.1 Å². The number of aromatic nitrogens is 1. The highest BCUT2D eigenvalue weighted by atomic mass is 32.2. The van der Waals surface area contributed by atoms with Crippen molar-refractivity contribution in [2.75, 3.05) is 24.5 Å². The molecule has 0 saturated carbocycles. The minimum Gasteiger partial charge on any atom is -0.311 e. The summed E-state index contributed by atoms with van der Waals surface area (Å²) < 4.78 is 0. The Morgan fingerprint density at radius 2 is 0.686 bits per heavy atom. The molecule has 4 aliphatic heterocycles. The predicted molar refractivity (Wildman–Crippen MR) is 363 cm³/mol. The zero-order valence-electron chi connectivity index (χ0n) is 46.8. The van der Waals surface area contributed by atoms with Crippen LogP contribution < -0.4 is 57.3 Å². The van der Waals surface area contributed by atoms with Crippen molar-refractivity contribution in [1.82, 2.24) is 4.98 Å². The SMILES string of the molecule is c1ccc(N(c2ccccc2)c2cc3c4c(c2)N(c2ccccc2)c2ccccc2B4c2cc4c(cc2S3)N(c2ccccc2-c2ccncc2)c2cc(N(c3ccccc3)c3ccccc3)cc3c2B4c2ccccc2N3c2ccccc2)cc1. The second-order valence-electron chi connectivity index (χ2n) is 22.3. The molecular formula is C77H52B2N6S. The summed E-state index contributed by atoms with van der Waals surface area (Å²) >= 11 is 1.90. The van der Waals surface area contributed by atoms with Gasteiger partial charge in [-0.1, -0.05) is 187 Å². The Kier molecular flexibility index (Phi) is 11.9. The normalized spacial score (nSPS) is 13.0. The zero-order chi connectivity index (χ0) is 56.7. The molecule has 0 bridgehead atoms. The third-order valence-electron chi connectivity index (χ3n) is 17.5. The highest BCUT2D eigenvalue weighted by Gasteiger charge is 2.48. The van der Waals surface area contributed by atoms with E-state index in [1.54, 1.807) is 0 Å². The Balaban J connectivity index is 0.974. The molecule has 0 aliphatic carbocycles. The number of benzene rings is 12. The molecule has 0 spiro atoms. The molecule has 17 rings (SSSR count). The van der Waals surface area contributed by atoms with E-state index < -0.39 is 0 Å². The summed E-state index contributed by atoms with van der Waals surface area (Å²) in [5.74, 6) is 0. The molecule has 402 valence electrons. The third-order valence-corrected chi connectivity index (χ3v) is 18.6. The molecule has 0 saturated heterocycles. The molecule has 13 aromatic rings. The van der Waals surface area contributed by atoms with E-state index in [0.717, 1.165) is 85.1 Å². The molecule has 0 N–H and O–H groups in total. The Morgan fingerprint density at radius 1 is 0.279 bits per heavy atom. The van der Waals surface area contributed by atoms with E-state index in [1.807, 2.05) is 24.2 Å². The van der Waals surface area contributed by atoms with Crippen LogP contribution in [0.3, 0.4) is 0 Å². The van der Waals surface area contributed by atoms with Crippen molar-refractivity contribution < 1.29 is 0 Å². The number of hydrogen-bond acceptors (Lipinski definition) is 7. The fraction of sp³-hybridized carbons (Fsp3) is 0. The van der Waals surface area contributed by atoms with Crippen LogP contribution in [0.2, 0.25) is 0 Å². The number of pyridine rings is 1. The first-order chi connectivity index (χ1) is 42.7. The summed E-state index contributed by atoms with van der Waals surface area (Å²) in [5, 5.41) is 0. The summed E-state index contributed by atoms with van der Waals surface area (Å²) in [6.07, 6.45) is 3.82. The van der Waals surface area contributed by atoms with Crippen LogP contribution in [0, 0.1) is 0 Å². The number of hydrogen-bond donors (Lipinski definition) is 0. The first-order valence-corrected chi connectivity index (χ1v) is 30.2. The van der Waals surface area contributed by atoms with Gasteiger partial charge in [0.2, 0.25) is 6.71 Å². The van der Waals surface area contributed by atoms with Crippen LogP contribution in [0.5, 0.6) is 0 Å². The molecule has 9 heteroatoms. The van der Waals surface area contributed by atoms with Gasteiger partial charge in [-0.15, -0.1) is 0 Å². The van der Waals surface area contributed by atoms with Crippen molar-refractivity contribution >= 4 is 143 Å². The van der Waals surface area contributed by atoms with E-state index in [2.05, 4.69) is 333 Å². The lowest BCUT2D eigenvalue weighted by Crippen LogP contribution is -2.64. The van der Waals surface area contributed by atoms with Gasteiger partial charge < -0.3 is 24.5 Å². The molecule has 0 radical (unpaired) electrons. The fourth-order valence-electron chi connectivity index (χ4n) is 14.0. The van der Waals surface area contributed by atoms with E-state index in [-0.39, 0.29) is 13.4 Å². The molecule has 0 amide bonds. The van der Waals surface area contributed by atoms with Crippen LogP contribution in [0.25, 0.3) is 11.1 Å². The molecule has 4 aliphatic rings. The van der Waals surface area contributed by atoms with Gasteiger partial charge in [0.15, 0.2) is 0 Å². The van der Waals surface area contributed by atoms with Gasteiger partial charge in [-0.25, -0.2) is 0 Å². The van der Waals surface area contributed by atoms with Crippen molar-refractivity contribution in [3.05, 3.63) is 316 Å². The molecule has 0 atom stereocenters. The Labute approximate surface area is 506 Å². The van der Waals surface area contributed by atoms with E-state index in [9.17, 15) is 0 Å². The van der Waals surface area contributed by atoms with Gasteiger partial charge in [-0.2, -0.15) is 0 Å². The Bertz CT molecular complexity index is 4640. The highest BCUT2D eigenvalue weighted by Crippen LogP contribution is 2.52. The number of fused-ring (bicyclic) bond motifs is 8. The summed E-state index contributed by atoms with van der Waals surface area (Å²) in [6.45, 7) is -0.227. The largest absolute Gasteiger partial charge is 0.311 e. The van der Waals surface area contributed by atoms with Crippen molar-refractivity contribution in [2.45, 2.75) is 9.79 Å². The fourth-order valence-corrected chi connectivity index (χ4v) is 15.2. The summed E-state index contributed by atoms with van der Waals surface area (Å²) in [4.78, 5) is 19.4. The lowest BCUT2D eigenvalue weighted by Gasteiger charge is -2.46. The average molecular weight is 1110 g/mol. The molecule has 5 heterocycles. The highest BCUT2D eigenvalue weighted by molar-refractivity contribution is 8.00. The molecule has 6 nitrogen and oxygen atoms in total. The van der Waals surface area contributed by atoms with E-state index >= 15 is 0 Å². The Morgan fingerprint density at radius 3 is 1.20 bits per heavy atom. The quantitative estimate of drug-likeness (QED) is 0.126. The lowest BCUT2D eigenvalue weighted by atomic mass is 9.31. The van der Waals surface area contributed by atoms with Crippen LogP contribution >= 0.6 is 11.8 Å². The van der Waals surface area contributed by atoms with E-state index in [4.69, 9.17) is 0 Å². The summed E-state index contributed by atoms with van der Waals surface area (Å²) in [6, 6.07) is 112. The standard InChI is InChI=1S/C77H52B2N6S/c1-7-25-54(26-8-1)81(55-27-9-2-10-28-55)60-47-71-76-72(48-60)85(67-40-22-19-37-62(67)53-43-45-80-46-44-53)70-52-74-66(51-65(70)78(76)63-38-20-23-41-68(63)83(71)58-33-15-5-16-34-58)79-64-39-21-24-42-69(64)84(59-35-17-6-18-36-59)73-49-61(50-75(86-74)77(73)79)82(56-29-11-3-12-30-56)57-31-13-4-14-32-57/h1-52H. The van der Waals surface area contributed by atoms with Crippen LogP contribution in [0.15, 0.2) is 326 Å². The van der Waals surface area contributed by atoms with Gasteiger partial charge in [0.1, 0.15) is 0 Å². The van der Waals surface area contributed by atoms with E-state index in [0.29, 0.717) is 0 Å². The van der Waals surface area contributed by atoms with Crippen LogP contribution in [0.1, 0.15) is 0 Å². The number of rotatable bonds is 10. The second-order valence-corrected chi connectivity index (χ2v) is 23.3. The van der Waals surface area contributed by atoms with Crippen LogP contribution in [-0.4, -0.2) is 18.4 Å². The van der Waals surface area contributed by atoms with E-state index in [1.165, 1.54) is 53.9 Å². The maximum atomic E-state index is 4.52. The summed E-state index contributed by atoms with van der Waals surface area (Å²) in [5.41, 5.74) is 26.6. The number of anilines is 15. The first-order valence-electron chi connectivity index (χ1n) is 29.4. The Hall–Kier alpha value is -10.7.